The number of benzene rings is 3. The van der Waals surface area contributed by atoms with E-state index in [0.717, 1.165) is 12.0 Å². The largest absolute Gasteiger partial charge is 0.490 e. The molecule has 3 rings (SSSR count). The molecule has 0 aliphatic rings. The third-order valence-electron chi connectivity index (χ3n) is 4.72. The van der Waals surface area contributed by atoms with E-state index in [1.165, 1.54) is 6.21 Å². The molecule has 0 aliphatic heterocycles. The minimum absolute atomic E-state index is 0.136. The van der Waals surface area contributed by atoms with Crippen LogP contribution in [0, 0.1) is 0 Å². The molecule has 0 fully saturated rings. The molecule has 0 radical (unpaired) electrons. The average Bonchev–Trinajstić information content (AvgIpc) is 2.88. The molecule has 8 nitrogen and oxygen atoms in total. The van der Waals surface area contributed by atoms with Crippen LogP contribution in [0.2, 0.25) is 0 Å². The summed E-state index contributed by atoms with van der Waals surface area (Å²) in [4.78, 5) is 24.6. The van der Waals surface area contributed by atoms with Gasteiger partial charge in [-0.3, -0.25) is 9.59 Å². The summed E-state index contributed by atoms with van der Waals surface area (Å²) in [6.07, 6.45) is 2.38. The van der Waals surface area contributed by atoms with Crippen molar-refractivity contribution in [3.8, 4) is 17.2 Å². The number of anilines is 1. The van der Waals surface area contributed by atoms with Gasteiger partial charge in [0.1, 0.15) is 5.75 Å². The Bertz CT molecular complexity index is 1200. The van der Waals surface area contributed by atoms with Gasteiger partial charge in [-0.2, -0.15) is 5.10 Å². The van der Waals surface area contributed by atoms with Crippen molar-refractivity contribution in [2.24, 2.45) is 5.10 Å². The zero-order valence-corrected chi connectivity index (χ0v) is 21.7. The Labute approximate surface area is 218 Å². The zero-order valence-electron chi connectivity index (χ0n) is 20.1. The van der Waals surface area contributed by atoms with Crippen LogP contribution in [-0.4, -0.2) is 37.8 Å². The van der Waals surface area contributed by atoms with Crippen LogP contribution in [0.15, 0.2) is 76.3 Å². The number of nitrogens with one attached hydrogen (secondary N) is 2. The van der Waals surface area contributed by atoms with Crippen LogP contribution >= 0.6 is 15.9 Å². The number of hydrazone groups is 1. The predicted octanol–water partition coefficient (Wildman–Crippen LogP) is 5.42. The van der Waals surface area contributed by atoms with Crippen molar-refractivity contribution in [3.63, 3.8) is 0 Å². The number of carbonyl (C=O) groups is 2. The Kier molecular flexibility index (Phi) is 10.3. The summed E-state index contributed by atoms with van der Waals surface area (Å²) in [6.45, 7) is 4.77. The second-order valence-corrected chi connectivity index (χ2v) is 8.39. The highest BCUT2D eigenvalue weighted by atomic mass is 79.9. The van der Waals surface area contributed by atoms with Crippen molar-refractivity contribution in [1.82, 2.24) is 5.43 Å². The number of rotatable bonds is 12. The lowest BCUT2D eigenvalue weighted by Crippen LogP contribution is -2.20. The highest BCUT2D eigenvalue weighted by Gasteiger charge is 2.11. The molecular weight excluding hydrogens is 526 g/mol. The molecule has 0 aromatic heterocycles. The Morgan fingerprint density at radius 1 is 0.917 bits per heavy atom. The van der Waals surface area contributed by atoms with Crippen LogP contribution in [0.4, 0.5) is 5.69 Å². The summed E-state index contributed by atoms with van der Waals surface area (Å²) in [7, 11) is 0. The van der Waals surface area contributed by atoms with Gasteiger partial charge in [-0.15, -0.1) is 0 Å². The van der Waals surface area contributed by atoms with Crippen molar-refractivity contribution >= 4 is 39.6 Å². The standard InChI is InChI=1S/C27H28BrN3O5/c1-3-14-35-24-13-11-20(16-25(24)34-4-2)27(33)31-29-17-19-10-12-23(22(28)15-19)36-18-26(32)30-21-8-6-5-7-9-21/h5-13,15-17H,3-4,14,18H2,1-2H3,(H,30,32)(H,31,33)/b29-17+. The lowest BCUT2D eigenvalue weighted by molar-refractivity contribution is -0.118. The normalized spacial score (nSPS) is 10.6. The number of para-hydroxylation sites is 1. The van der Waals surface area contributed by atoms with E-state index in [4.69, 9.17) is 14.2 Å². The van der Waals surface area contributed by atoms with Crippen molar-refractivity contribution in [2.45, 2.75) is 20.3 Å². The van der Waals surface area contributed by atoms with Gasteiger partial charge in [0.15, 0.2) is 18.1 Å². The molecular formula is C27H28BrN3O5. The smallest absolute Gasteiger partial charge is 0.271 e. The molecule has 3 aromatic rings. The van der Waals surface area contributed by atoms with Crippen molar-refractivity contribution in [1.29, 1.82) is 0 Å². The topological polar surface area (TPSA) is 98.3 Å². The minimum atomic E-state index is -0.377. The van der Waals surface area contributed by atoms with E-state index in [1.54, 1.807) is 48.5 Å². The molecule has 0 atom stereocenters. The van der Waals surface area contributed by atoms with E-state index in [9.17, 15) is 9.59 Å². The maximum absolute atomic E-state index is 12.5. The quantitative estimate of drug-likeness (QED) is 0.230. The molecule has 3 aromatic carbocycles. The van der Waals surface area contributed by atoms with Gasteiger partial charge < -0.3 is 19.5 Å². The summed E-state index contributed by atoms with van der Waals surface area (Å²) in [5.41, 5.74) is 4.34. The van der Waals surface area contributed by atoms with Crippen LogP contribution in [0.25, 0.3) is 0 Å². The molecule has 0 saturated carbocycles. The average molecular weight is 554 g/mol. The molecule has 0 unspecified atom stereocenters. The van der Waals surface area contributed by atoms with E-state index in [1.807, 2.05) is 32.0 Å². The molecule has 0 spiro atoms. The lowest BCUT2D eigenvalue weighted by Gasteiger charge is -2.12. The van der Waals surface area contributed by atoms with Crippen molar-refractivity contribution < 1.29 is 23.8 Å². The van der Waals surface area contributed by atoms with Crippen LogP contribution < -0.4 is 25.0 Å². The second-order valence-electron chi connectivity index (χ2n) is 7.53. The Morgan fingerprint density at radius 3 is 2.42 bits per heavy atom. The zero-order chi connectivity index (χ0) is 25.8. The first kappa shape index (κ1) is 26.7. The van der Waals surface area contributed by atoms with E-state index >= 15 is 0 Å². The van der Waals surface area contributed by atoms with E-state index < -0.39 is 0 Å². The van der Waals surface area contributed by atoms with Gasteiger partial charge in [-0.25, -0.2) is 5.43 Å². The van der Waals surface area contributed by atoms with E-state index in [0.29, 0.717) is 46.2 Å². The monoisotopic (exact) mass is 553 g/mol. The maximum atomic E-state index is 12.5. The summed E-state index contributed by atoms with van der Waals surface area (Å²) in [5, 5.41) is 6.80. The van der Waals surface area contributed by atoms with Gasteiger partial charge in [0, 0.05) is 11.3 Å². The highest BCUT2D eigenvalue weighted by molar-refractivity contribution is 9.10. The number of amides is 2. The van der Waals surface area contributed by atoms with Gasteiger partial charge in [0.25, 0.3) is 11.8 Å². The molecule has 2 amide bonds. The van der Waals surface area contributed by atoms with Crippen LogP contribution in [0.1, 0.15) is 36.2 Å². The first-order valence-corrected chi connectivity index (χ1v) is 12.3. The molecule has 2 N–H and O–H groups in total. The molecule has 0 bridgehead atoms. The second kappa shape index (κ2) is 13.9. The van der Waals surface area contributed by atoms with Crippen molar-refractivity contribution in [2.75, 3.05) is 25.1 Å². The van der Waals surface area contributed by atoms with E-state index in [-0.39, 0.29) is 18.4 Å². The summed E-state index contributed by atoms with van der Waals surface area (Å²) >= 11 is 3.44. The number of carbonyl (C=O) groups excluding carboxylic acids is 2. The van der Waals surface area contributed by atoms with Gasteiger partial charge >= 0.3 is 0 Å². The van der Waals surface area contributed by atoms with Crippen LogP contribution in [0.3, 0.4) is 0 Å². The number of hydrogen-bond donors (Lipinski definition) is 2. The summed E-state index contributed by atoms with van der Waals surface area (Å²) < 4.78 is 17.5. The fraction of sp³-hybridized carbons (Fsp3) is 0.222. The van der Waals surface area contributed by atoms with Gasteiger partial charge in [-0.05, 0) is 83.4 Å². The first-order chi connectivity index (χ1) is 17.5. The number of halogens is 1. The van der Waals surface area contributed by atoms with Gasteiger partial charge in [-0.1, -0.05) is 25.1 Å². The molecule has 188 valence electrons. The molecule has 9 heteroatoms. The third-order valence-corrected chi connectivity index (χ3v) is 5.34. The summed E-state index contributed by atoms with van der Waals surface area (Å²) in [5.74, 6) is 0.979. The summed E-state index contributed by atoms with van der Waals surface area (Å²) in [6, 6.07) is 19.4. The Balaban J connectivity index is 1.54. The Morgan fingerprint density at radius 2 is 1.69 bits per heavy atom. The van der Waals surface area contributed by atoms with Gasteiger partial charge in [0.05, 0.1) is 23.9 Å². The molecule has 0 saturated heterocycles. The lowest BCUT2D eigenvalue weighted by atomic mass is 10.2. The maximum Gasteiger partial charge on any atom is 0.271 e. The van der Waals surface area contributed by atoms with E-state index in [2.05, 4.69) is 31.8 Å². The number of hydrogen-bond acceptors (Lipinski definition) is 6. The first-order valence-electron chi connectivity index (χ1n) is 11.5. The molecule has 0 heterocycles. The Hall–Kier alpha value is -3.85. The van der Waals surface area contributed by atoms with Crippen LogP contribution in [-0.2, 0) is 4.79 Å². The number of nitrogens with zero attached hydrogens (tertiary/aromatic N) is 1. The fourth-order valence-electron chi connectivity index (χ4n) is 3.06. The van der Waals surface area contributed by atoms with Crippen molar-refractivity contribution in [3.05, 3.63) is 82.3 Å². The highest BCUT2D eigenvalue weighted by Crippen LogP contribution is 2.29. The fourth-order valence-corrected chi connectivity index (χ4v) is 3.57. The van der Waals surface area contributed by atoms with Crippen LogP contribution in [0.5, 0.6) is 17.2 Å². The van der Waals surface area contributed by atoms with Gasteiger partial charge in [0.2, 0.25) is 0 Å². The number of ether oxygens (including phenoxy) is 3. The third kappa shape index (κ3) is 8.13. The molecule has 0 aliphatic carbocycles. The predicted molar refractivity (Wildman–Crippen MR) is 143 cm³/mol. The molecule has 36 heavy (non-hydrogen) atoms. The SMILES string of the molecule is CCCOc1ccc(C(=O)N/N=C/c2ccc(OCC(=O)Nc3ccccc3)c(Br)c2)cc1OCC. The minimum Gasteiger partial charge on any atom is -0.490 e.